The van der Waals surface area contributed by atoms with E-state index in [-0.39, 0.29) is 5.28 Å². The number of rotatable bonds is 2. The van der Waals surface area contributed by atoms with E-state index in [0.29, 0.717) is 21.6 Å². The van der Waals surface area contributed by atoms with Gasteiger partial charge in [-0.15, -0.1) is 0 Å². The van der Waals surface area contributed by atoms with Crippen LogP contribution in [-0.2, 0) is 0 Å². The number of aromatic nitrogens is 2. The SMILES string of the molecule is Clc1nc(Nc2cccc(Cl)c2Cl)c2ccccc2n1. The molecule has 100 valence electrons. The van der Waals surface area contributed by atoms with Crippen LogP contribution in [0.3, 0.4) is 0 Å². The van der Waals surface area contributed by atoms with Crippen LogP contribution in [0.2, 0.25) is 15.3 Å². The summed E-state index contributed by atoms with van der Waals surface area (Å²) in [6.45, 7) is 0. The smallest absolute Gasteiger partial charge is 0.224 e. The van der Waals surface area contributed by atoms with Crippen LogP contribution in [0.5, 0.6) is 0 Å². The van der Waals surface area contributed by atoms with Crippen molar-refractivity contribution in [2.45, 2.75) is 0 Å². The van der Waals surface area contributed by atoms with Gasteiger partial charge in [0.1, 0.15) is 5.82 Å². The minimum atomic E-state index is 0.171. The highest BCUT2D eigenvalue weighted by molar-refractivity contribution is 6.43. The molecule has 0 aliphatic rings. The van der Waals surface area contributed by atoms with Gasteiger partial charge in [0, 0.05) is 5.39 Å². The second-order valence-corrected chi connectivity index (χ2v) is 5.21. The lowest BCUT2D eigenvalue weighted by Gasteiger charge is -2.11. The second kappa shape index (κ2) is 5.44. The third-order valence-electron chi connectivity index (χ3n) is 2.78. The number of nitrogens with one attached hydrogen (secondary N) is 1. The number of halogens is 3. The average molecular weight is 325 g/mol. The normalized spacial score (nSPS) is 10.8. The molecule has 0 aliphatic carbocycles. The molecule has 1 heterocycles. The zero-order chi connectivity index (χ0) is 14.1. The Balaban J connectivity index is 2.13. The Labute approximate surface area is 130 Å². The molecule has 0 saturated carbocycles. The van der Waals surface area contributed by atoms with E-state index in [0.717, 1.165) is 10.9 Å². The van der Waals surface area contributed by atoms with Crippen molar-refractivity contribution in [1.29, 1.82) is 0 Å². The van der Waals surface area contributed by atoms with Crippen molar-refractivity contribution < 1.29 is 0 Å². The Bertz CT molecular complexity index is 790. The minimum absolute atomic E-state index is 0.171. The van der Waals surface area contributed by atoms with Crippen LogP contribution < -0.4 is 5.32 Å². The highest BCUT2D eigenvalue weighted by atomic mass is 35.5. The largest absolute Gasteiger partial charge is 0.338 e. The van der Waals surface area contributed by atoms with E-state index >= 15 is 0 Å². The minimum Gasteiger partial charge on any atom is -0.338 e. The Morgan fingerprint density at radius 2 is 1.65 bits per heavy atom. The molecule has 0 amide bonds. The quantitative estimate of drug-likeness (QED) is 0.647. The van der Waals surface area contributed by atoms with Crippen molar-refractivity contribution in [3.8, 4) is 0 Å². The Morgan fingerprint density at radius 3 is 2.50 bits per heavy atom. The van der Waals surface area contributed by atoms with Crippen LogP contribution in [0.15, 0.2) is 42.5 Å². The van der Waals surface area contributed by atoms with E-state index in [1.807, 2.05) is 36.4 Å². The van der Waals surface area contributed by atoms with E-state index in [1.54, 1.807) is 6.07 Å². The van der Waals surface area contributed by atoms with Gasteiger partial charge in [-0.3, -0.25) is 0 Å². The zero-order valence-corrected chi connectivity index (χ0v) is 12.3. The lowest BCUT2D eigenvalue weighted by molar-refractivity contribution is 1.22. The van der Waals surface area contributed by atoms with Gasteiger partial charge in [-0.2, -0.15) is 4.98 Å². The first-order chi connectivity index (χ1) is 9.65. The van der Waals surface area contributed by atoms with E-state index in [2.05, 4.69) is 15.3 Å². The maximum Gasteiger partial charge on any atom is 0.224 e. The van der Waals surface area contributed by atoms with Crippen LogP contribution in [0.1, 0.15) is 0 Å². The van der Waals surface area contributed by atoms with Crippen LogP contribution in [0.4, 0.5) is 11.5 Å². The molecule has 20 heavy (non-hydrogen) atoms. The summed E-state index contributed by atoms with van der Waals surface area (Å²) in [6.07, 6.45) is 0. The maximum absolute atomic E-state index is 6.16. The van der Waals surface area contributed by atoms with E-state index in [1.165, 1.54) is 0 Å². The summed E-state index contributed by atoms with van der Waals surface area (Å²) < 4.78 is 0. The molecule has 3 rings (SSSR count). The van der Waals surface area contributed by atoms with E-state index in [4.69, 9.17) is 34.8 Å². The Kier molecular flexibility index (Phi) is 3.66. The molecule has 6 heteroatoms. The molecule has 0 bridgehead atoms. The van der Waals surface area contributed by atoms with Gasteiger partial charge in [0.15, 0.2) is 0 Å². The average Bonchev–Trinajstić information content (AvgIpc) is 2.43. The second-order valence-electron chi connectivity index (χ2n) is 4.08. The van der Waals surface area contributed by atoms with Crippen molar-refractivity contribution >= 4 is 57.2 Å². The highest BCUT2D eigenvalue weighted by Gasteiger charge is 2.09. The van der Waals surface area contributed by atoms with Crippen LogP contribution in [-0.4, -0.2) is 9.97 Å². The Hall–Kier alpha value is -1.55. The van der Waals surface area contributed by atoms with E-state index in [9.17, 15) is 0 Å². The van der Waals surface area contributed by atoms with Gasteiger partial charge in [-0.25, -0.2) is 4.98 Å². The number of anilines is 2. The third kappa shape index (κ3) is 2.52. The number of nitrogens with zero attached hydrogens (tertiary/aromatic N) is 2. The van der Waals surface area contributed by atoms with Gasteiger partial charge in [-0.1, -0.05) is 41.4 Å². The van der Waals surface area contributed by atoms with Gasteiger partial charge < -0.3 is 5.32 Å². The predicted octanol–water partition coefficient (Wildman–Crippen LogP) is 5.33. The van der Waals surface area contributed by atoms with Crippen LogP contribution in [0.25, 0.3) is 10.9 Å². The molecule has 2 aromatic carbocycles. The van der Waals surface area contributed by atoms with Crippen molar-refractivity contribution in [2.75, 3.05) is 5.32 Å². The molecule has 0 unspecified atom stereocenters. The fourth-order valence-corrected chi connectivity index (χ4v) is 2.39. The van der Waals surface area contributed by atoms with Gasteiger partial charge in [0.2, 0.25) is 5.28 Å². The van der Waals surface area contributed by atoms with Gasteiger partial charge in [0.05, 0.1) is 21.2 Å². The molecule has 0 atom stereocenters. The monoisotopic (exact) mass is 323 g/mol. The molecule has 1 N–H and O–H groups in total. The van der Waals surface area contributed by atoms with Crippen LogP contribution >= 0.6 is 34.8 Å². The van der Waals surface area contributed by atoms with Gasteiger partial charge in [0.25, 0.3) is 0 Å². The molecule has 0 saturated heterocycles. The molecule has 3 aromatic rings. The van der Waals surface area contributed by atoms with Gasteiger partial charge in [-0.05, 0) is 35.9 Å². The first-order valence-corrected chi connectivity index (χ1v) is 6.92. The van der Waals surface area contributed by atoms with Crippen molar-refractivity contribution in [1.82, 2.24) is 9.97 Å². The first-order valence-electron chi connectivity index (χ1n) is 5.78. The summed E-state index contributed by atoms with van der Waals surface area (Å²) in [5.41, 5.74) is 1.42. The molecule has 0 radical (unpaired) electrons. The first kappa shape index (κ1) is 13.4. The fraction of sp³-hybridized carbons (Fsp3) is 0. The molecule has 0 aliphatic heterocycles. The summed E-state index contributed by atoms with van der Waals surface area (Å²) in [5.74, 6) is 0.588. The number of fused-ring (bicyclic) bond motifs is 1. The predicted molar refractivity (Wildman–Crippen MR) is 84.3 cm³/mol. The lowest BCUT2D eigenvalue weighted by atomic mass is 10.2. The molecule has 0 fully saturated rings. The van der Waals surface area contributed by atoms with Gasteiger partial charge >= 0.3 is 0 Å². The Morgan fingerprint density at radius 1 is 0.850 bits per heavy atom. The van der Waals surface area contributed by atoms with Crippen LogP contribution in [0, 0.1) is 0 Å². The summed E-state index contributed by atoms with van der Waals surface area (Å²) in [5, 5.41) is 5.08. The van der Waals surface area contributed by atoms with E-state index < -0.39 is 0 Å². The fourth-order valence-electron chi connectivity index (χ4n) is 1.87. The number of benzene rings is 2. The number of para-hydroxylation sites is 1. The zero-order valence-electron chi connectivity index (χ0n) is 10.1. The number of hydrogen-bond acceptors (Lipinski definition) is 3. The summed E-state index contributed by atoms with van der Waals surface area (Å²) in [4.78, 5) is 8.38. The molecule has 1 aromatic heterocycles. The topological polar surface area (TPSA) is 37.8 Å². The molecule has 3 nitrogen and oxygen atoms in total. The highest BCUT2D eigenvalue weighted by Crippen LogP contribution is 2.33. The molecule has 0 spiro atoms. The van der Waals surface area contributed by atoms with Crippen molar-refractivity contribution in [3.63, 3.8) is 0 Å². The van der Waals surface area contributed by atoms with Crippen molar-refractivity contribution in [3.05, 3.63) is 57.8 Å². The maximum atomic E-state index is 6.16. The molecular weight excluding hydrogens is 317 g/mol. The van der Waals surface area contributed by atoms with Crippen molar-refractivity contribution in [2.24, 2.45) is 0 Å². The summed E-state index contributed by atoms with van der Waals surface area (Å²) >= 11 is 18.1. The summed E-state index contributed by atoms with van der Waals surface area (Å²) in [6, 6.07) is 12.9. The summed E-state index contributed by atoms with van der Waals surface area (Å²) in [7, 11) is 0. The standard InChI is InChI=1S/C14H8Cl3N3/c15-9-5-3-7-11(12(9)16)18-13-8-4-1-2-6-10(8)19-14(17)20-13/h1-7H,(H,18,19,20). The lowest BCUT2D eigenvalue weighted by Crippen LogP contribution is -1.97. The molecular formula is C14H8Cl3N3. The number of hydrogen-bond donors (Lipinski definition) is 1. The third-order valence-corrected chi connectivity index (χ3v) is 3.77.